The Labute approximate surface area is 121 Å². The average Bonchev–Trinajstić information content (AvgIpc) is 2.92. The van der Waals surface area contributed by atoms with Gasteiger partial charge in [-0.3, -0.25) is 0 Å². The number of para-hydroxylation sites is 1. The van der Waals surface area contributed by atoms with E-state index in [1.54, 1.807) is 16.4 Å². The lowest BCUT2D eigenvalue weighted by atomic mass is 10.2. The van der Waals surface area contributed by atoms with E-state index in [0.717, 1.165) is 10.8 Å². The molecule has 0 bridgehead atoms. The van der Waals surface area contributed by atoms with E-state index in [1.807, 2.05) is 30.3 Å². The number of aryl methyl sites for hydroxylation is 2. The second-order valence-electron chi connectivity index (χ2n) is 4.58. The van der Waals surface area contributed by atoms with Crippen molar-refractivity contribution >= 4 is 11.8 Å². The molecule has 1 heterocycles. The maximum atomic E-state index is 4.12. The zero-order valence-corrected chi connectivity index (χ0v) is 12.1. The molecule has 3 rings (SSSR count). The largest absolute Gasteiger partial charge is 0.218 e. The van der Waals surface area contributed by atoms with Crippen LogP contribution in [0.25, 0.3) is 5.69 Å². The van der Waals surface area contributed by atoms with Gasteiger partial charge in [0.15, 0.2) is 0 Å². The van der Waals surface area contributed by atoms with Crippen LogP contribution in [0.3, 0.4) is 0 Å². The van der Waals surface area contributed by atoms with Crippen molar-refractivity contribution in [1.29, 1.82) is 0 Å². The number of hydrogen-bond donors (Lipinski definition) is 0. The second kappa shape index (κ2) is 5.46. The molecule has 100 valence electrons. The molecule has 0 saturated heterocycles. The quantitative estimate of drug-likeness (QED) is 0.738. The smallest absolute Gasteiger partial charge is 0.187 e. The van der Waals surface area contributed by atoms with Crippen LogP contribution in [-0.2, 0) is 0 Å². The molecule has 20 heavy (non-hydrogen) atoms. The summed E-state index contributed by atoms with van der Waals surface area (Å²) in [5.41, 5.74) is 3.42. The van der Waals surface area contributed by atoms with E-state index in [1.165, 1.54) is 16.0 Å². The third-order valence-corrected chi connectivity index (χ3v) is 4.08. The second-order valence-corrected chi connectivity index (χ2v) is 5.59. The Morgan fingerprint density at radius 1 is 1.00 bits per heavy atom. The van der Waals surface area contributed by atoms with Crippen molar-refractivity contribution in [3.63, 3.8) is 0 Å². The van der Waals surface area contributed by atoms with Crippen LogP contribution in [0.4, 0.5) is 0 Å². The monoisotopic (exact) mass is 282 g/mol. The van der Waals surface area contributed by atoms with Gasteiger partial charge >= 0.3 is 0 Å². The van der Waals surface area contributed by atoms with Crippen molar-refractivity contribution in [3.05, 3.63) is 59.7 Å². The van der Waals surface area contributed by atoms with Gasteiger partial charge in [-0.2, -0.15) is 4.68 Å². The predicted molar refractivity (Wildman–Crippen MR) is 79.2 cm³/mol. The molecular formula is C15H14N4S. The maximum absolute atomic E-state index is 4.12. The third kappa shape index (κ3) is 2.58. The van der Waals surface area contributed by atoms with Crippen LogP contribution in [-0.4, -0.2) is 20.2 Å². The molecule has 0 aliphatic heterocycles. The highest BCUT2D eigenvalue weighted by Crippen LogP contribution is 2.30. The summed E-state index contributed by atoms with van der Waals surface area (Å²) < 4.78 is 1.76. The van der Waals surface area contributed by atoms with Crippen LogP contribution >= 0.6 is 11.8 Å². The number of nitrogens with zero attached hydrogens (tertiary/aromatic N) is 4. The van der Waals surface area contributed by atoms with Crippen molar-refractivity contribution in [2.24, 2.45) is 0 Å². The van der Waals surface area contributed by atoms with E-state index in [0.29, 0.717) is 0 Å². The predicted octanol–water partition coefficient (Wildman–Crippen LogP) is 3.43. The summed E-state index contributed by atoms with van der Waals surface area (Å²) >= 11 is 1.58. The molecule has 0 atom stereocenters. The Bertz CT molecular complexity index is 722. The van der Waals surface area contributed by atoms with Gasteiger partial charge < -0.3 is 0 Å². The van der Waals surface area contributed by atoms with Crippen LogP contribution < -0.4 is 0 Å². The number of aromatic nitrogens is 4. The molecule has 0 N–H and O–H groups in total. The molecule has 0 radical (unpaired) electrons. The zero-order chi connectivity index (χ0) is 13.9. The Kier molecular flexibility index (Phi) is 3.52. The lowest BCUT2D eigenvalue weighted by Gasteiger charge is -2.07. The Balaban J connectivity index is 1.97. The highest BCUT2D eigenvalue weighted by atomic mass is 32.2. The van der Waals surface area contributed by atoms with E-state index < -0.39 is 0 Å². The third-order valence-electron chi connectivity index (χ3n) is 2.99. The summed E-state index contributed by atoms with van der Waals surface area (Å²) in [5, 5.41) is 12.8. The first-order valence-corrected chi connectivity index (χ1v) is 7.14. The fourth-order valence-corrected chi connectivity index (χ4v) is 2.87. The molecule has 0 unspecified atom stereocenters. The lowest BCUT2D eigenvalue weighted by molar-refractivity contribution is 0.756. The minimum atomic E-state index is 0.768. The lowest BCUT2D eigenvalue weighted by Crippen LogP contribution is -1.98. The van der Waals surface area contributed by atoms with E-state index in [9.17, 15) is 0 Å². The SMILES string of the molecule is Cc1ccc(C)c(Sc2nnnn2-c2ccccc2)c1. The Morgan fingerprint density at radius 2 is 1.80 bits per heavy atom. The number of rotatable bonds is 3. The first-order valence-electron chi connectivity index (χ1n) is 6.33. The van der Waals surface area contributed by atoms with Gasteiger partial charge in [0.2, 0.25) is 5.16 Å². The molecule has 1 aromatic heterocycles. The first kappa shape index (κ1) is 12.9. The van der Waals surface area contributed by atoms with Gasteiger partial charge in [-0.05, 0) is 65.4 Å². The fourth-order valence-electron chi connectivity index (χ4n) is 1.89. The zero-order valence-electron chi connectivity index (χ0n) is 11.3. The molecule has 0 aliphatic rings. The summed E-state index contributed by atoms with van der Waals surface area (Å²) in [6, 6.07) is 16.3. The summed E-state index contributed by atoms with van der Waals surface area (Å²) in [7, 11) is 0. The Morgan fingerprint density at radius 3 is 2.60 bits per heavy atom. The summed E-state index contributed by atoms with van der Waals surface area (Å²) in [4.78, 5) is 1.18. The maximum Gasteiger partial charge on any atom is 0.218 e. The molecule has 0 saturated carbocycles. The van der Waals surface area contributed by atoms with Crippen LogP contribution in [0.15, 0.2) is 58.6 Å². The molecule has 5 heteroatoms. The highest BCUT2D eigenvalue weighted by Gasteiger charge is 2.11. The van der Waals surface area contributed by atoms with Crippen LogP contribution in [0.5, 0.6) is 0 Å². The average molecular weight is 282 g/mol. The molecule has 4 nitrogen and oxygen atoms in total. The highest BCUT2D eigenvalue weighted by molar-refractivity contribution is 7.99. The van der Waals surface area contributed by atoms with Gasteiger partial charge in [-0.25, -0.2) is 0 Å². The van der Waals surface area contributed by atoms with Crippen LogP contribution in [0.1, 0.15) is 11.1 Å². The van der Waals surface area contributed by atoms with Crippen LogP contribution in [0.2, 0.25) is 0 Å². The minimum Gasteiger partial charge on any atom is -0.187 e. The molecule has 0 amide bonds. The van der Waals surface area contributed by atoms with Crippen molar-refractivity contribution in [1.82, 2.24) is 20.2 Å². The molecule has 0 fully saturated rings. The summed E-state index contributed by atoms with van der Waals surface area (Å²) in [6.45, 7) is 4.18. The topological polar surface area (TPSA) is 43.6 Å². The van der Waals surface area contributed by atoms with Crippen molar-refractivity contribution < 1.29 is 0 Å². The van der Waals surface area contributed by atoms with E-state index in [4.69, 9.17) is 0 Å². The van der Waals surface area contributed by atoms with E-state index in [-0.39, 0.29) is 0 Å². The van der Waals surface area contributed by atoms with E-state index >= 15 is 0 Å². The Hall–Kier alpha value is -2.14. The molecule has 2 aromatic carbocycles. The van der Waals surface area contributed by atoms with E-state index in [2.05, 4.69) is 47.6 Å². The van der Waals surface area contributed by atoms with Crippen molar-refractivity contribution in [2.75, 3.05) is 0 Å². The molecule has 0 spiro atoms. The molecule has 0 aliphatic carbocycles. The minimum absolute atomic E-state index is 0.768. The number of benzene rings is 2. The normalized spacial score (nSPS) is 10.7. The van der Waals surface area contributed by atoms with Gasteiger partial charge in [-0.15, -0.1) is 5.10 Å². The standard InChI is InChI=1S/C15H14N4S/c1-11-8-9-12(2)14(10-11)20-15-16-17-18-19(15)13-6-4-3-5-7-13/h3-10H,1-2H3. The fraction of sp³-hybridized carbons (Fsp3) is 0.133. The first-order chi connectivity index (χ1) is 9.74. The van der Waals surface area contributed by atoms with Gasteiger partial charge in [0.1, 0.15) is 0 Å². The van der Waals surface area contributed by atoms with Crippen LogP contribution in [0, 0.1) is 13.8 Å². The summed E-state index contributed by atoms with van der Waals surface area (Å²) in [6.07, 6.45) is 0. The molecular weight excluding hydrogens is 268 g/mol. The molecule has 3 aromatic rings. The number of hydrogen-bond acceptors (Lipinski definition) is 4. The van der Waals surface area contributed by atoms with Crippen molar-refractivity contribution in [2.45, 2.75) is 23.9 Å². The van der Waals surface area contributed by atoms with Crippen molar-refractivity contribution in [3.8, 4) is 5.69 Å². The van der Waals surface area contributed by atoms with Gasteiger partial charge in [0, 0.05) is 4.90 Å². The summed E-state index contributed by atoms with van der Waals surface area (Å²) in [5.74, 6) is 0. The van der Waals surface area contributed by atoms with Gasteiger partial charge in [-0.1, -0.05) is 30.3 Å². The van der Waals surface area contributed by atoms with Gasteiger partial charge in [0.25, 0.3) is 0 Å². The number of tetrazole rings is 1. The van der Waals surface area contributed by atoms with Gasteiger partial charge in [0.05, 0.1) is 5.69 Å².